The molecule has 1 fully saturated rings. The Balaban J connectivity index is 2.13. The van der Waals surface area contributed by atoms with Crippen LogP contribution < -0.4 is 16.5 Å². The number of nitrogens with two attached hydrogens (primary N) is 1. The standard InChI is InChI=1S/C17H27BN2O4/c1-15(2,3)22-14(21)20-11-8-9-12(13(19)10-11)18-23-16(4,5)17(6,7)24-18/h8-10H,19H2,1-7H3,(H,20,21). The maximum absolute atomic E-state index is 11.8. The van der Waals surface area contributed by atoms with Crippen molar-refractivity contribution in [2.45, 2.75) is 65.3 Å². The normalized spacial score (nSPS) is 19.2. The lowest BCUT2D eigenvalue weighted by atomic mass is 9.78. The molecule has 132 valence electrons. The molecule has 7 heteroatoms. The van der Waals surface area contributed by atoms with Gasteiger partial charge in [-0.3, -0.25) is 5.32 Å². The third-order valence-corrected chi connectivity index (χ3v) is 4.24. The second kappa shape index (κ2) is 5.97. The first-order valence-electron chi connectivity index (χ1n) is 8.06. The zero-order valence-electron chi connectivity index (χ0n) is 15.5. The Morgan fingerprint density at radius 1 is 1.17 bits per heavy atom. The third-order valence-electron chi connectivity index (χ3n) is 4.24. The van der Waals surface area contributed by atoms with Gasteiger partial charge < -0.3 is 19.8 Å². The smallest absolute Gasteiger partial charge is 0.444 e. The number of carbonyl (C=O) groups excluding carboxylic acids is 1. The fraction of sp³-hybridized carbons (Fsp3) is 0.588. The van der Waals surface area contributed by atoms with E-state index in [1.807, 2.05) is 48.5 Å². The Bertz CT molecular complexity index is 622. The Labute approximate surface area is 144 Å². The van der Waals surface area contributed by atoms with Crippen molar-refractivity contribution in [2.24, 2.45) is 0 Å². The van der Waals surface area contributed by atoms with Crippen LogP contribution in [0.25, 0.3) is 0 Å². The molecule has 0 aliphatic carbocycles. The second-order valence-corrected chi connectivity index (χ2v) is 8.06. The van der Waals surface area contributed by atoms with Crippen LogP contribution in [0.3, 0.4) is 0 Å². The van der Waals surface area contributed by atoms with Crippen molar-refractivity contribution < 1.29 is 18.8 Å². The van der Waals surface area contributed by atoms with E-state index >= 15 is 0 Å². The summed E-state index contributed by atoms with van der Waals surface area (Å²) in [5, 5.41) is 2.67. The molecular weight excluding hydrogens is 307 g/mol. The van der Waals surface area contributed by atoms with Gasteiger partial charge in [0.25, 0.3) is 0 Å². The Morgan fingerprint density at radius 3 is 2.17 bits per heavy atom. The lowest BCUT2D eigenvalue weighted by molar-refractivity contribution is 0.00578. The molecule has 0 saturated carbocycles. The van der Waals surface area contributed by atoms with Gasteiger partial charge in [-0.2, -0.15) is 0 Å². The minimum Gasteiger partial charge on any atom is -0.444 e. The van der Waals surface area contributed by atoms with Crippen LogP contribution in [0.5, 0.6) is 0 Å². The monoisotopic (exact) mass is 334 g/mol. The molecule has 0 bridgehead atoms. The maximum Gasteiger partial charge on any atom is 0.496 e. The summed E-state index contributed by atoms with van der Waals surface area (Å²) < 4.78 is 17.2. The summed E-state index contributed by atoms with van der Waals surface area (Å²) in [5.41, 5.74) is 6.49. The van der Waals surface area contributed by atoms with Gasteiger partial charge in [0.2, 0.25) is 0 Å². The van der Waals surface area contributed by atoms with Gasteiger partial charge in [0.1, 0.15) is 5.60 Å². The van der Waals surface area contributed by atoms with Gasteiger partial charge in [-0.05, 0) is 60.6 Å². The predicted molar refractivity (Wildman–Crippen MR) is 96.4 cm³/mol. The minimum absolute atomic E-state index is 0.433. The van der Waals surface area contributed by atoms with Crippen molar-refractivity contribution in [3.05, 3.63) is 18.2 Å². The van der Waals surface area contributed by atoms with E-state index in [-0.39, 0.29) is 0 Å². The largest absolute Gasteiger partial charge is 0.496 e. The number of hydrogen-bond donors (Lipinski definition) is 2. The highest BCUT2D eigenvalue weighted by molar-refractivity contribution is 6.63. The van der Waals surface area contributed by atoms with Crippen molar-refractivity contribution in [1.29, 1.82) is 0 Å². The molecule has 0 spiro atoms. The van der Waals surface area contributed by atoms with E-state index in [1.54, 1.807) is 18.2 Å². The zero-order valence-corrected chi connectivity index (χ0v) is 15.5. The fourth-order valence-corrected chi connectivity index (χ4v) is 2.26. The average molecular weight is 334 g/mol. The molecule has 1 heterocycles. The van der Waals surface area contributed by atoms with Gasteiger partial charge in [0.05, 0.1) is 11.2 Å². The molecule has 0 aromatic heterocycles. The van der Waals surface area contributed by atoms with Gasteiger partial charge in [0, 0.05) is 16.8 Å². The van der Waals surface area contributed by atoms with Crippen molar-refractivity contribution in [1.82, 2.24) is 0 Å². The molecule has 0 radical (unpaired) electrons. The maximum atomic E-state index is 11.8. The van der Waals surface area contributed by atoms with Crippen molar-refractivity contribution in [3.63, 3.8) is 0 Å². The molecule has 0 unspecified atom stereocenters. The van der Waals surface area contributed by atoms with Gasteiger partial charge in [-0.25, -0.2) is 4.79 Å². The topological polar surface area (TPSA) is 82.8 Å². The van der Waals surface area contributed by atoms with Crippen molar-refractivity contribution >= 4 is 30.0 Å². The quantitative estimate of drug-likeness (QED) is 0.642. The minimum atomic E-state index is -0.557. The highest BCUT2D eigenvalue weighted by Gasteiger charge is 2.52. The number of nitrogen functional groups attached to an aromatic ring is 1. The van der Waals surface area contributed by atoms with Gasteiger partial charge in [0.15, 0.2) is 0 Å². The number of nitrogens with one attached hydrogen (secondary N) is 1. The first-order chi connectivity index (χ1) is 10.8. The third kappa shape index (κ3) is 4.02. The zero-order chi connectivity index (χ0) is 18.3. The molecule has 24 heavy (non-hydrogen) atoms. The van der Waals surface area contributed by atoms with E-state index in [0.29, 0.717) is 11.4 Å². The van der Waals surface area contributed by atoms with Crippen molar-refractivity contribution in [2.75, 3.05) is 11.1 Å². The van der Waals surface area contributed by atoms with Crippen LogP contribution in [0.4, 0.5) is 16.2 Å². The molecule has 1 aliphatic heterocycles. The molecule has 1 amide bonds. The molecule has 3 N–H and O–H groups in total. The van der Waals surface area contributed by atoms with E-state index in [4.69, 9.17) is 19.8 Å². The summed E-state index contributed by atoms with van der Waals surface area (Å²) in [7, 11) is -0.537. The summed E-state index contributed by atoms with van der Waals surface area (Å²) in [6.45, 7) is 13.4. The van der Waals surface area contributed by atoms with Crippen LogP contribution in [-0.4, -0.2) is 30.0 Å². The summed E-state index contributed by atoms with van der Waals surface area (Å²) >= 11 is 0. The van der Waals surface area contributed by atoms with Gasteiger partial charge in [-0.15, -0.1) is 0 Å². The number of amides is 1. The second-order valence-electron chi connectivity index (χ2n) is 8.06. The summed E-state index contributed by atoms with van der Waals surface area (Å²) in [4.78, 5) is 11.8. The highest BCUT2D eigenvalue weighted by Crippen LogP contribution is 2.37. The lowest BCUT2D eigenvalue weighted by Crippen LogP contribution is -2.41. The first kappa shape index (κ1) is 18.6. The molecular formula is C17H27BN2O4. The van der Waals surface area contributed by atoms with Gasteiger partial charge in [-0.1, -0.05) is 6.07 Å². The number of hydrogen-bond acceptors (Lipinski definition) is 5. The van der Waals surface area contributed by atoms with Crippen LogP contribution in [0, 0.1) is 0 Å². The lowest BCUT2D eigenvalue weighted by Gasteiger charge is -2.32. The highest BCUT2D eigenvalue weighted by atomic mass is 16.7. The number of carbonyl (C=O) groups is 1. The Hall–Kier alpha value is -1.73. The van der Waals surface area contributed by atoms with Crippen molar-refractivity contribution in [3.8, 4) is 0 Å². The Kier molecular flexibility index (Phi) is 4.63. The molecule has 1 aromatic carbocycles. The van der Waals surface area contributed by atoms with E-state index in [1.165, 1.54) is 0 Å². The van der Waals surface area contributed by atoms with Crippen LogP contribution in [-0.2, 0) is 14.0 Å². The van der Waals surface area contributed by atoms with E-state index < -0.39 is 30.0 Å². The Morgan fingerprint density at radius 2 is 1.71 bits per heavy atom. The van der Waals surface area contributed by atoms with Gasteiger partial charge >= 0.3 is 13.2 Å². The average Bonchev–Trinajstić information content (AvgIpc) is 2.55. The SMILES string of the molecule is CC(C)(C)OC(=O)Nc1ccc(B2OC(C)(C)C(C)(C)O2)c(N)c1. The summed E-state index contributed by atoms with van der Waals surface area (Å²) in [5.74, 6) is 0. The van der Waals surface area contributed by atoms with E-state index in [2.05, 4.69) is 5.32 Å². The molecule has 1 aliphatic rings. The van der Waals surface area contributed by atoms with E-state index in [9.17, 15) is 4.79 Å². The van der Waals surface area contributed by atoms with Crippen LogP contribution >= 0.6 is 0 Å². The number of ether oxygens (including phenoxy) is 1. The number of rotatable bonds is 2. The van der Waals surface area contributed by atoms with Crippen LogP contribution in [0.1, 0.15) is 48.5 Å². The van der Waals surface area contributed by atoms with Crippen LogP contribution in [0.15, 0.2) is 18.2 Å². The predicted octanol–water partition coefficient (Wildman–Crippen LogP) is 2.92. The van der Waals surface area contributed by atoms with E-state index in [0.717, 1.165) is 5.46 Å². The molecule has 1 aromatic rings. The molecule has 1 saturated heterocycles. The summed E-state index contributed by atoms with van der Waals surface area (Å²) in [6.07, 6.45) is -0.523. The fourth-order valence-electron chi connectivity index (χ4n) is 2.26. The number of anilines is 2. The summed E-state index contributed by atoms with van der Waals surface area (Å²) in [6, 6.07) is 5.22. The molecule has 6 nitrogen and oxygen atoms in total. The number of benzene rings is 1. The molecule has 2 rings (SSSR count). The van der Waals surface area contributed by atoms with Crippen LogP contribution in [0.2, 0.25) is 0 Å². The first-order valence-corrected chi connectivity index (χ1v) is 8.06. The molecule has 0 atom stereocenters.